The lowest BCUT2D eigenvalue weighted by Crippen LogP contribution is -1.98. The summed E-state index contributed by atoms with van der Waals surface area (Å²) in [6.45, 7) is 0. The Bertz CT molecular complexity index is 376. The monoisotopic (exact) mass is 230 g/mol. The van der Waals surface area contributed by atoms with Crippen molar-refractivity contribution in [2.24, 2.45) is 0 Å². The highest BCUT2D eigenvalue weighted by Crippen LogP contribution is 2.35. The Balaban J connectivity index is 2.90. The number of carboxylic acids is 1. The molecular weight excluding hydrogens is 220 g/mol. The Morgan fingerprint density at radius 1 is 1.53 bits per heavy atom. The lowest BCUT2D eigenvalue weighted by Gasteiger charge is -2.07. The van der Waals surface area contributed by atoms with E-state index in [1.807, 2.05) is 0 Å². The van der Waals surface area contributed by atoms with E-state index < -0.39 is 5.97 Å². The molecule has 0 aliphatic rings. The van der Waals surface area contributed by atoms with E-state index in [1.54, 1.807) is 6.07 Å². The molecule has 0 spiro atoms. The fourth-order valence-corrected chi connectivity index (χ4v) is 1.41. The number of rotatable bonds is 4. The summed E-state index contributed by atoms with van der Waals surface area (Å²) in [6, 6.07) is 3.10. The van der Waals surface area contributed by atoms with Crippen LogP contribution in [-0.2, 0) is 11.2 Å². The van der Waals surface area contributed by atoms with Crippen LogP contribution in [0.4, 0.5) is 0 Å². The van der Waals surface area contributed by atoms with E-state index in [0.29, 0.717) is 6.42 Å². The zero-order valence-corrected chi connectivity index (χ0v) is 8.91. The first-order valence-corrected chi connectivity index (χ1v) is 4.69. The van der Waals surface area contributed by atoms with Gasteiger partial charge in [0.05, 0.1) is 12.1 Å². The SMILES string of the molecule is COc1cc(CCC(=O)O)cc(Cl)c1O. The number of hydrogen-bond donors (Lipinski definition) is 2. The number of phenolic OH excluding ortho intramolecular Hbond substituents is 1. The highest BCUT2D eigenvalue weighted by atomic mass is 35.5. The van der Waals surface area contributed by atoms with E-state index in [4.69, 9.17) is 21.4 Å². The van der Waals surface area contributed by atoms with Crippen LogP contribution < -0.4 is 4.74 Å². The number of halogens is 1. The first-order chi connectivity index (χ1) is 7.04. The van der Waals surface area contributed by atoms with E-state index in [-0.39, 0.29) is 22.9 Å². The van der Waals surface area contributed by atoms with Gasteiger partial charge in [0.15, 0.2) is 11.5 Å². The van der Waals surface area contributed by atoms with Crippen molar-refractivity contribution in [3.05, 3.63) is 22.7 Å². The van der Waals surface area contributed by atoms with E-state index in [1.165, 1.54) is 13.2 Å². The van der Waals surface area contributed by atoms with Gasteiger partial charge in [-0.1, -0.05) is 11.6 Å². The third-order valence-corrected chi connectivity index (χ3v) is 2.22. The second-order valence-corrected chi connectivity index (χ2v) is 3.43. The molecule has 0 saturated heterocycles. The lowest BCUT2D eigenvalue weighted by atomic mass is 10.1. The van der Waals surface area contributed by atoms with Crippen LogP contribution in [0.3, 0.4) is 0 Å². The largest absolute Gasteiger partial charge is 0.503 e. The standard InChI is InChI=1S/C10H11ClO4/c1-15-8-5-6(2-3-9(12)13)4-7(11)10(8)14/h4-5,14H,2-3H2,1H3,(H,12,13). The molecule has 2 N–H and O–H groups in total. The zero-order chi connectivity index (χ0) is 11.4. The maximum absolute atomic E-state index is 10.4. The lowest BCUT2D eigenvalue weighted by molar-refractivity contribution is -0.136. The molecule has 1 aromatic rings. The van der Waals surface area contributed by atoms with E-state index in [9.17, 15) is 9.90 Å². The summed E-state index contributed by atoms with van der Waals surface area (Å²) in [7, 11) is 1.41. The van der Waals surface area contributed by atoms with Gasteiger partial charge in [-0.3, -0.25) is 4.79 Å². The van der Waals surface area contributed by atoms with Gasteiger partial charge in [0, 0.05) is 6.42 Å². The quantitative estimate of drug-likeness (QED) is 0.831. The molecule has 0 amide bonds. The van der Waals surface area contributed by atoms with E-state index in [2.05, 4.69) is 0 Å². The topological polar surface area (TPSA) is 66.8 Å². The summed E-state index contributed by atoms with van der Waals surface area (Å²) in [5.41, 5.74) is 0.719. The maximum atomic E-state index is 10.4. The predicted molar refractivity (Wildman–Crippen MR) is 55.6 cm³/mol. The van der Waals surface area contributed by atoms with Crippen LogP contribution in [0.15, 0.2) is 12.1 Å². The number of benzene rings is 1. The van der Waals surface area contributed by atoms with Gasteiger partial charge in [-0.25, -0.2) is 0 Å². The summed E-state index contributed by atoms with van der Waals surface area (Å²) in [5.74, 6) is -0.751. The van der Waals surface area contributed by atoms with Gasteiger partial charge in [0.2, 0.25) is 0 Å². The first-order valence-electron chi connectivity index (χ1n) is 4.31. The Kier molecular flexibility index (Phi) is 3.80. The molecule has 0 radical (unpaired) electrons. The summed E-state index contributed by atoms with van der Waals surface area (Å²) in [6.07, 6.45) is 0.371. The summed E-state index contributed by atoms with van der Waals surface area (Å²) >= 11 is 5.74. The normalized spacial score (nSPS) is 10.0. The molecule has 0 aliphatic carbocycles. The van der Waals surface area contributed by atoms with Crippen molar-refractivity contribution in [1.29, 1.82) is 0 Å². The number of phenols is 1. The number of ether oxygens (including phenoxy) is 1. The molecule has 1 rings (SSSR count). The third-order valence-electron chi connectivity index (χ3n) is 1.94. The smallest absolute Gasteiger partial charge is 0.303 e. The van der Waals surface area contributed by atoms with Crippen LogP contribution in [0.5, 0.6) is 11.5 Å². The van der Waals surface area contributed by atoms with Crippen molar-refractivity contribution in [2.75, 3.05) is 7.11 Å². The van der Waals surface area contributed by atoms with Crippen LogP contribution in [0, 0.1) is 0 Å². The van der Waals surface area contributed by atoms with E-state index in [0.717, 1.165) is 5.56 Å². The Labute approximate surface area is 92.1 Å². The second-order valence-electron chi connectivity index (χ2n) is 3.02. The van der Waals surface area contributed by atoms with Crippen molar-refractivity contribution in [3.8, 4) is 11.5 Å². The van der Waals surface area contributed by atoms with Gasteiger partial charge < -0.3 is 14.9 Å². The van der Waals surface area contributed by atoms with Gasteiger partial charge >= 0.3 is 5.97 Å². The summed E-state index contributed by atoms with van der Waals surface area (Å²) < 4.78 is 4.89. The molecule has 0 fully saturated rings. The van der Waals surface area contributed by atoms with Crippen molar-refractivity contribution < 1.29 is 19.7 Å². The molecule has 0 unspecified atom stereocenters. The highest BCUT2D eigenvalue weighted by Gasteiger charge is 2.09. The molecule has 0 heterocycles. The minimum atomic E-state index is -0.877. The molecule has 5 heteroatoms. The van der Waals surface area contributed by atoms with Crippen molar-refractivity contribution in [2.45, 2.75) is 12.8 Å². The Morgan fingerprint density at radius 2 is 2.20 bits per heavy atom. The molecule has 0 aliphatic heterocycles. The first kappa shape index (κ1) is 11.7. The maximum Gasteiger partial charge on any atom is 0.303 e. The van der Waals surface area contributed by atoms with Crippen LogP contribution in [0.25, 0.3) is 0 Å². The van der Waals surface area contributed by atoms with Gasteiger partial charge in [-0.2, -0.15) is 0 Å². The molecule has 82 valence electrons. The predicted octanol–water partition coefficient (Wildman–Crippen LogP) is 2.07. The number of hydrogen-bond acceptors (Lipinski definition) is 3. The van der Waals surface area contributed by atoms with Gasteiger partial charge in [0.25, 0.3) is 0 Å². The number of aryl methyl sites for hydroxylation is 1. The van der Waals surface area contributed by atoms with Gasteiger partial charge in [0.1, 0.15) is 0 Å². The summed E-state index contributed by atoms with van der Waals surface area (Å²) in [4.78, 5) is 10.4. The molecule has 4 nitrogen and oxygen atoms in total. The molecule has 0 atom stereocenters. The molecule has 0 bridgehead atoms. The van der Waals surface area contributed by atoms with Gasteiger partial charge in [-0.15, -0.1) is 0 Å². The van der Waals surface area contributed by atoms with Crippen LogP contribution in [-0.4, -0.2) is 23.3 Å². The number of methoxy groups -OCH3 is 1. The third kappa shape index (κ3) is 3.02. The van der Waals surface area contributed by atoms with Crippen LogP contribution >= 0.6 is 11.6 Å². The van der Waals surface area contributed by atoms with Crippen LogP contribution in [0.2, 0.25) is 5.02 Å². The van der Waals surface area contributed by atoms with Gasteiger partial charge in [-0.05, 0) is 24.1 Å². The molecule has 0 saturated carbocycles. The second kappa shape index (κ2) is 4.89. The Morgan fingerprint density at radius 3 is 2.73 bits per heavy atom. The average molecular weight is 231 g/mol. The number of aromatic hydroxyl groups is 1. The minimum Gasteiger partial charge on any atom is -0.503 e. The molecule has 15 heavy (non-hydrogen) atoms. The molecule has 1 aromatic carbocycles. The fourth-order valence-electron chi connectivity index (χ4n) is 1.18. The fraction of sp³-hybridized carbons (Fsp3) is 0.300. The van der Waals surface area contributed by atoms with E-state index >= 15 is 0 Å². The minimum absolute atomic E-state index is 0.0181. The average Bonchev–Trinajstić information content (AvgIpc) is 2.19. The van der Waals surface area contributed by atoms with Crippen molar-refractivity contribution in [3.63, 3.8) is 0 Å². The number of carboxylic acid groups (broad SMARTS) is 1. The number of aliphatic carboxylic acids is 1. The molecule has 0 aromatic heterocycles. The van der Waals surface area contributed by atoms with Crippen molar-refractivity contribution >= 4 is 17.6 Å². The zero-order valence-electron chi connectivity index (χ0n) is 8.16. The summed E-state index contributed by atoms with van der Waals surface area (Å²) in [5, 5.41) is 18.1. The number of carbonyl (C=O) groups is 1. The Hall–Kier alpha value is -1.42. The van der Waals surface area contributed by atoms with Crippen molar-refractivity contribution in [1.82, 2.24) is 0 Å². The molecular formula is C10H11ClO4. The highest BCUT2D eigenvalue weighted by molar-refractivity contribution is 6.32. The van der Waals surface area contributed by atoms with Crippen LogP contribution in [0.1, 0.15) is 12.0 Å².